The van der Waals surface area contributed by atoms with Gasteiger partial charge in [-0.05, 0) is 56.5 Å². The summed E-state index contributed by atoms with van der Waals surface area (Å²) in [6.45, 7) is 3.36. The number of sulfonamides is 1. The van der Waals surface area contributed by atoms with E-state index in [0.717, 1.165) is 36.4 Å². The van der Waals surface area contributed by atoms with Crippen molar-refractivity contribution in [3.63, 3.8) is 0 Å². The number of nitrogens with zero attached hydrogens (tertiary/aromatic N) is 2. The molecule has 1 aliphatic carbocycles. The van der Waals surface area contributed by atoms with Gasteiger partial charge in [-0.3, -0.25) is 13.9 Å². The number of benzene rings is 2. The molecule has 2 aliphatic rings. The van der Waals surface area contributed by atoms with Gasteiger partial charge in [0.15, 0.2) is 11.5 Å². The van der Waals surface area contributed by atoms with Crippen LogP contribution in [0, 0.1) is 0 Å². The van der Waals surface area contributed by atoms with Crippen LogP contribution in [0.15, 0.2) is 36.4 Å². The van der Waals surface area contributed by atoms with E-state index < -0.39 is 28.5 Å². The molecule has 2 aromatic carbocycles. The largest absolute Gasteiger partial charge is 0.486 e. The van der Waals surface area contributed by atoms with Crippen LogP contribution in [0.3, 0.4) is 0 Å². The Morgan fingerprint density at radius 1 is 1.02 bits per heavy atom. The summed E-state index contributed by atoms with van der Waals surface area (Å²) in [6.07, 6.45) is 5.01. The van der Waals surface area contributed by atoms with Crippen molar-refractivity contribution in [2.24, 2.45) is 0 Å². The molecule has 218 valence electrons. The van der Waals surface area contributed by atoms with Crippen molar-refractivity contribution in [2.45, 2.75) is 64.6 Å². The molecule has 0 spiro atoms. The lowest BCUT2D eigenvalue weighted by Crippen LogP contribution is -2.53. The molecule has 2 aromatic rings. The van der Waals surface area contributed by atoms with Crippen molar-refractivity contribution >= 4 is 50.7 Å². The summed E-state index contributed by atoms with van der Waals surface area (Å²) in [4.78, 5) is 28.6. The van der Waals surface area contributed by atoms with E-state index in [4.69, 9.17) is 32.7 Å². The summed E-state index contributed by atoms with van der Waals surface area (Å²) in [7, 11) is -3.88. The van der Waals surface area contributed by atoms with Crippen LogP contribution in [-0.4, -0.2) is 62.7 Å². The minimum atomic E-state index is -3.88. The molecule has 1 aliphatic heterocycles. The van der Waals surface area contributed by atoms with Gasteiger partial charge in [-0.15, -0.1) is 0 Å². The number of hydrogen-bond donors (Lipinski definition) is 1. The van der Waals surface area contributed by atoms with Gasteiger partial charge in [-0.25, -0.2) is 8.42 Å². The zero-order chi connectivity index (χ0) is 28.9. The average molecular weight is 613 g/mol. The van der Waals surface area contributed by atoms with Crippen molar-refractivity contribution in [1.29, 1.82) is 0 Å². The molecule has 2 amide bonds. The van der Waals surface area contributed by atoms with Crippen molar-refractivity contribution in [1.82, 2.24) is 10.2 Å². The SMILES string of the molecule is CCS(=O)(=O)N(CC(=O)N(Cc1ccc(Cl)cc1Cl)C(C)C(=O)NC1CCCCC1)c1ccc2c(c1)OCCO2. The van der Waals surface area contributed by atoms with E-state index in [2.05, 4.69) is 5.32 Å². The van der Waals surface area contributed by atoms with E-state index in [9.17, 15) is 18.0 Å². The molecule has 12 heteroatoms. The van der Waals surface area contributed by atoms with Crippen LogP contribution < -0.4 is 19.1 Å². The number of rotatable bonds is 10. The number of carbonyl (C=O) groups excluding carboxylic acids is 2. The summed E-state index contributed by atoms with van der Waals surface area (Å²) in [5.74, 6) is -0.173. The number of fused-ring (bicyclic) bond motifs is 1. The van der Waals surface area contributed by atoms with E-state index in [1.54, 1.807) is 43.3 Å². The standard InChI is InChI=1S/C28H35Cl2N3O6S/c1-3-40(36,37)33(23-11-12-25-26(16-23)39-14-13-38-25)18-27(34)32(17-20-9-10-21(29)15-24(20)30)19(2)28(35)31-22-7-5-4-6-8-22/h9-12,15-16,19,22H,3-8,13-14,17-18H2,1-2H3,(H,31,35). The highest BCUT2D eigenvalue weighted by Gasteiger charge is 2.32. The lowest BCUT2D eigenvalue weighted by Gasteiger charge is -2.33. The Morgan fingerprint density at radius 3 is 2.40 bits per heavy atom. The number of amides is 2. The molecule has 40 heavy (non-hydrogen) atoms. The van der Waals surface area contributed by atoms with Crippen LogP contribution in [0.4, 0.5) is 5.69 Å². The summed E-state index contributed by atoms with van der Waals surface area (Å²) in [6, 6.07) is 8.83. The second kappa shape index (κ2) is 13.3. The Morgan fingerprint density at radius 2 is 1.73 bits per heavy atom. The molecular formula is C28H35Cl2N3O6S. The Bertz CT molecular complexity index is 1330. The fourth-order valence-electron chi connectivity index (χ4n) is 4.89. The second-order valence-corrected chi connectivity index (χ2v) is 13.0. The van der Waals surface area contributed by atoms with Crippen molar-refractivity contribution in [2.75, 3.05) is 29.8 Å². The summed E-state index contributed by atoms with van der Waals surface area (Å²) in [5, 5.41) is 3.86. The third-order valence-electron chi connectivity index (χ3n) is 7.27. The molecule has 1 unspecified atom stereocenters. The molecule has 9 nitrogen and oxygen atoms in total. The highest BCUT2D eigenvalue weighted by atomic mass is 35.5. The van der Waals surface area contributed by atoms with Crippen LogP contribution in [-0.2, 0) is 26.2 Å². The van der Waals surface area contributed by atoms with Crippen LogP contribution in [0.2, 0.25) is 10.0 Å². The fraction of sp³-hybridized carbons (Fsp3) is 0.500. The number of carbonyl (C=O) groups is 2. The number of anilines is 1. The fourth-order valence-corrected chi connectivity index (χ4v) is 6.41. The van der Waals surface area contributed by atoms with Crippen molar-refractivity contribution in [3.8, 4) is 11.5 Å². The van der Waals surface area contributed by atoms with Crippen molar-refractivity contribution < 1.29 is 27.5 Å². The Balaban J connectivity index is 1.63. The predicted molar refractivity (Wildman–Crippen MR) is 156 cm³/mol. The number of hydrogen-bond acceptors (Lipinski definition) is 6. The van der Waals surface area contributed by atoms with Crippen LogP contribution in [0.1, 0.15) is 51.5 Å². The quantitative estimate of drug-likeness (QED) is 0.414. The Kier molecular flexibility index (Phi) is 10.1. The highest BCUT2D eigenvalue weighted by Crippen LogP contribution is 2.35. The lowest BCUT2D eigenvalue weighted by atomic mass is 9.95. The zero-order valence-electron chi connectivity index (χ0n) is 22.7. The predicted octanol–water partition coefficient (Wildman–Crippen LogP) is 4.79. The molecule has 1 N–H and O–H groups in total. The molecule has 1 saturated carbocycles. The van der Waals surface area contributed by atoms with Gasteiger partial charge in [0.05, 0.1) is 11.4 Å². The van der Waals surface area contributed by atoms with Crippen LogP contribution >= 0.6 is 23.2 Å². The number of nitrogens with one attached hydrogen (secondary N) is 1. The van der Waals surface area contributed by atoms with Crippen molar-refractivity contribution in [3.05, 3.63) is 52.0 Å². The van der Waals surface area contributed by atoms with Gasteiger partial charge in [0.2, 0.25) is 21.8 Å². The van der Waals surface area contributed by atoms with E-state index >= 15 is 0 Å². The van der Waals surface area contributed by atoms with E-state index in [1.165, 1.54) is 11.8 Å². The first-order chi connectivity index (χ1) is 19.1. The van der Waals surface area contributed by atoms with Gasteiger partial charge in [-0.2, -0.15) is 0 Å². The third kappa shape index (κ3) is 7.33. The maximum Gasteiger partial charge on any atom is 0.244 e. The third-order valence-corrected chi connectivity index (χ3v) is 9.60. The van der Waals surface area contributed by atoms with Gasteiger partial charge >= 0.3 is 0 Å². The Hall–Kier alpha value is -2.69. The molecule has 1 fully saturated rings. The molecular weight excluding hydrogens is 577 g/mol. The molecule has 1 atom stereocenters. The molecule has 0 saturated heterocycles. The second-order valence-electron chi connectivity index (χ2n) is 10.0. The van der Waals surface area contributed by atoms with Gasteiger partial charge in [0.1, 0.15) is 25.8 Å². The average Bonchev–Trinajstić information content (AvgIpc) is 2.95. The van der Waals surface area contributed by atoms with Crippen LogP contribution in [0.5, 0.6) is 11.5 Å². The minimum Gasteiger partial charge on any atom is -0.486 e. The van der Waals surface area contributed by atoms with E-state index in [1.807, 2.05) is 0 Å². The monoisotopic (exact) mass is 611 g/mol. The zero-order valence-corrected chi connectivity index (χ0v) is 25.0. The summed E-state index contributed by atoms with van der Waals surface area (Å²) in [5.41, 5.74) is 0.851. The molecule has 0 bridgehead atoms. The molecule has 1 heterocycles. The molecule has 0 radical (unpaired) electrons. The first-order valence-electron chi connectivity index (χ1n) is 13.5. The smallest absolute Gasteiger partial charge is 0.244 e. The number of ether oxygens (including phenoxy) is 2. The molecule has 0 aromatic heterocycles. The van der Waals surface area contributed by atoms with E-state index in [-0.39, 0.29) is 29.9 Å². The first kappa shape index (κ1) is 30.3. The lowest BCUT2D eigenvalue weighted by molar-refractivity contribution is -0.139. The van der Waals surface area contributed by atoms with Gasteiger partial charge in [0, 0.05) is 28.7 Å². The van der Waals surface area contributed by atoms with Gasteiger partial charge < -0.3 is 19.7 Å². The van der Waals surface area contributed by atoms with E-state index in [0.29, 0.717) is 40.3 Å². The highest BCUT2D eigenvalue weighted by molar-refractivity contribution is 7.92. The summed E-state index contributed by atoms with van der Waals surface area (Å²) < 4.78 is 38.7. The normalized spacial score (nSPS) is 16.2. The minimum absolute atomic E-state index is 0.00472. The summed E-state index contributed by atoms with van der Waals surface area (Å²) >= 11 is 12.5. The Labute approximate surface area is 245 Å². The topological polar surface area (TPSA) is 105 Å². The van der Waals surface area contributed by atoms with Gasteiger partial charge in [0.25, 0.3) is 0 Å². The van der Waals surface area contributed by atoms with Crippen LogP contribution in [0.25, 0.3) is 0 Å². The molecule has 4 rings (SSSR count). The number of halogens is 2. The van der Waals surface area contributed by atoms with Gasteiger partial charge in [-0.1, -0.05) is 48.5 Å². The maximum absolute atomic E-state index is 13.9. The maximum atomic E-state index is 13.9. The first-order valence-corrected chi connectivity index (χ1v) is 15.9.